The molecule has 0 spiro atoms. The average Bonchev–Trinajstić information content (AvgIpc) is 1.98. The third kappa shape index (κ3) is 3.72. The van der Waals surface area contributed by atoms with E-state index >= 15 is 0 Å². The Morgan fingerprint density at radius 2 is 1.83 bits per heavy atom. The highest BCUT2D eigenvalue weighted by atomic mass is 16.2. The first-order valence-electron chi connectivity index (χ1n) is 4.49. The molecule has 0 aromatic heterocycles. The third-order valence-electron chi connectivity index (χ3n) is 2.01. The highest BCUT2D eigenvalue weighted by molar-refractivity contribution is 5.78. The molecule has 12 heavy (non-hydrogen) atoms. The maximum atomic E-state index is 11.3. The van der Waals surface area contributed by atoms with E-state index in [4.69, 9.17) is 5.84 Å². The zero-order chi connectivity index (χ0) is 9.72. The maximum absolute atomic E-state index is 11.3. The van der Waals surface area contributed by atoms with E-state index in [9.17, 15) is 4.79 Å². The summed E-state index contributed by atoms with van der Waals surface area (Å²) in [5.41, 5.74) is 2.21. The summed E-state index contributed by atoms with van der Waals surface area (Å²) in [6.07, 6.45) is 0.903. The van der Waals surface area contributed by atoms with Gasteiger partial charge in [0.1, 0.15) is 0 Å². The lowest BCUT2D eigenvalue weighted by atomic mass is 9.87. The van der Waals surface area contributed by atoms with Crippen LogP contribution in [0, 0.1) is 17.8 Å². The van der Waals surface area contributed by atoms with E-state index in [-0.39, 0.29) is 11.8 Å². The van der Waals surface area contributed by atoms with Gasteiger partial charge in [-0.3, -0.25) is 10.2 Å². The monoisotopic (exact) mass is 172 g/mol. The summed E-state index contributed by atoms with van der Waals surface area (Å²) in [4.78, 5) is 11.3. The number of carbonyl (C=O) groups is 1. The van der Waals surface area contributed by atoms with Gasteiger partial charge >= 0.3 is 0 Å². The summed E-state index contributed by atoms with van der Waals surface area (Å²) >= 11 is 0. The van der Waals surface area contributed by atoms with Crippen LogP contribution in [0.4, 0.5) is 0 Å². The number of amides is 1. The largest absolute Gasteiger partial charge is 0.294 e. The summed E-state index contributed by atoms with van der Waals surface area (Å²) in [6, 6.07) is 0. The molecule has 0 saturated heterocycles. The van der Waals surface area contributed by atoms with Gasteiger partial charge in [-0.2, -0.15) is 0 Å². The van der Waals surface area contributed by atoms with Gasteiger partial charge in [0.05, 0.1) is 0 Å². The van der Waals surface area contributed by atoms with E-state index < -0.39 is 0 Å². The molecule has 1 unspecified atom stereocenters. The highest BCUT2D eigenvalue weighted by Gasteiger charge is 2.21. The molecule has 0 rings (SSSR count). The molecular formula is C9H20N2O. The van der Waals surface area contributed by atoms with Gasteiger partial charge in [-0.05, 0) is 18.3 Å². The van der Waals surface area contributed by atoms with E-state index in [1.54, 1.807) is 0 Å². The molecule has 0 aromatic rings. The summed E-state index contributed by atoms with van der Waals surface area (Å²) in [6.45, 7) is 8.31. The van der Waals surface area contributed by atoms with Crippen molar-refractivity contribution in [3.63, 3.8) is 0 Å². The van der Waals surface area contributed by atoms with Crippen molar-refractivity contribution in [3.8, 4) is 0 Å². The summed E-state index contributed by atoms with van der Waals surface area (Å²) < 4.78 is 0. The zero-order valence-electron chi connectivity index (χ0n) is 8.42. The standard InChI is InChI=1S/C9H20N2O/c1-6(2)5-8(7(3)4)9(12)11-10/h6-8H,5,10H2,1-4H3,(H,11,12). The van der Waals surface area contributed by atoms with Crippen LogP contribution < -0.4 is 11.3 Å². The molecule has 0 aromatic carbocycles. The summed E-state index contributed by atoms with van der Waals surface area (Å²) in [5.74, 6) is 5.99. The van der Waals surface area contributed by atoms with Gasteiger partial charge in [0, 0.05) is 5.92 Å². The van der Waals surface area contributed by atoms with Crippen LogP contribution in [0.2, 0.25) is 0 Å². The van der Waals surface area contributed by atoms with Crippen LogP contribution in [-0.2, 0) is 4.79 Å². The first kappa shape index (κ1) is 11.4. The average molecular weight is 172 g/mol. The summed E-state index contributed by atoms with van der Waals surface area (Å²) in [7, 11) is 0. The van der Waals surface area contributed by atoms with Crippen molar-refractivity contribution in [2.45, 2.75) is 34.1 Å². The van der Waals surface area contributed by atoms with Crippen LogP contribution in [0.15, 0.2) is 0 Å². The fraction of sp³-hybridized carbons (Fsp3) is 0.889. The molecule has 0 bridgehead atoms. The second-order valence-corrected chi connectivity index (χ2v) is 3.99. The van der Waals surface area contributed by atoms with Crippen molar-refractivity contribution in [2.24, 2.45) is 23.6 Å². The number of nitrogens with one attached hydrogen (secondary N) is 1. The van der Waals surface area contributed by atoms with E-state index in [2.05, 4.69) is 19.3 Å². The van der Waals surface area contributed by atoms with E-state index in [0.29, 0.717) is 11.8 Å². The minimum Gasteiger partial charge on any atom is -0.294 e. The molecule has 0 saturated carbocycles. The SMILES string of the molecule is CC(C)CC(C(=O)NN)C(C)C. The lowest BCUT2D eigenvalue weighted by Crippen LogP contribution is -2.38. The number of hydrogen-bond donors (Lipinski definition) is 2. The molecule has 3 N–H and O–H groups in total. The fourth-order valence-electron chi connectivity index (χ4n) is 1.30. The molecule has 0 aliphatic carbocycles. The second-order valence-electron chi connectivity index (χ2n) is 3.99. The minimum absolute atomic E-state index is 0.0429. The van der Waals surface area contributed by atoms with E-state index in [1.165, 1.54) is 0 Å². The smallest absolute Gasteiger partial charge is 0.237 e. The van der Waals surface area contributed by atoms with Crippen molar-refractivity contribution < 1.29 is 4.79 Å². The second kappa shape index (κ2) is 5.14. The number of hydrogen-bond acceptors (Lipinski definition) is 2. The Morgan fingerprint density at radius 3 is 2.08 bits per heavy atom. The fourth-order valence-corrected chi connectivity index (χ4v) is 1.30. The van der Waals surface area contributed by atoms with Gasteiger partial charge in [-0.25, -0.2) is 5.84 Å². The van der Waals surface area contributed by atoms with Crippen LogP contribution in [0.3, 0.4) is 0 Å². The van der Waals surface area contributed by atoms with Crippen LogP contribution in [0.5, 0.6) is 0 Å². The van der Waals surface area contributed by atoms with Crippen molar-refractivity contribution >= 4 is 5.91 Å². The summed E-state index contributed by atoms with van der Waals surface area (Å²) in [5, 5.41) is 0. The molecule has 0 radical (unpaired) electrons. The van der Waals surface area contributed by atoms with Gasteiger partial charge in [0.15, 0.2) is 0 Å². The van der Waals surface area contributed by atoms with Gasteiger partial charge in [-0.15, -0.1) is 0 Å². The van der Waals surface area contributed by atoms with Gasteiger partial charge in [-0.1, -0.05) is 27.7 Å². The first-order valence-corrected chi connectivity index (χ1v) is 4.49. The predicted molar refractivity (Wildman–Crippen MR) is 50.1 cm³/mol. The Kier molecular flexibility index (Phi) is 4.90. The molecule has 0 heterocycles. The highest BCUT2D eigenvalue weighted by Crippen LogP contribution is 2.19. The van der Waals surface area contributed by atoms with Crippen molar-refractivity contribution in [1.29, 1.82) is 0 Å². The van der Waals surface area contributed by atoms with E-state index in [0.717, 1.165) is 6.42 Å². The number of hydrazine groups is 1. The quantitative estimate of drug-likeness (QED) is 0.381. The minimum atomic E-state index is -0.0429. The Hall–Kier alpha value is -0.570. The van der Waals surface area contributed by atoms with Crippen molar-refractivity contribution in [3.05, 3.63) is 0 Å². The maximum Gasteiger partial charge on any atom is 0.237 e. The molecule has 1 amide bonds. The van der Waals surface area contributed by atoms with Gasteiger partial charge < -0.3 is 0 Å². The third-order valence-corrected chi connectivity index (χ3v) is 2.01. The van der Waals surface area contributed by atoms with Crippen LogP contribution in [0.25, 0.3) is 0 Å². The van der Waals surface area contributed by atoms with Crippen LogP contribution in [-0.4, -0.2) is 5.91 Å². The molecule has 1 atom stereocenters. The molecule has 0 aliphatic rings. The molecule has 3 heteroatoms. The number of carbonyl (C=O) groups excluding carboxylic acids is 1. The van der Waals surface area contributed by atoms with Crippen molar-refractivity contribution in [2.75, 3.05) is 0 Å². The Morgan fingerprint density at radius 1 is 1.33 bits per heavy atom. The number of rotatable bonds is 4. The molecular weight excluding hydrogens is 152 g/mol. The topological polar surface area (TPSA) is 55.1 Å². The van der Waals surface area contributed by atoms with Gasteiger partial charge in [0.2, 0.25) is 5.91 Å². The molecule has 3 nitrogen and oxygen atoms in total. The Balaban J connectivity index is 4.13. The molecule has 0 aliphatic heterocycles. The molecule has 72 valence electrons. The normalized spacial score (nSPS) is 13.6. The predicted octanol–water partition coefficient (Wildman–Crippen LogP) is 1.29. The Labute approximate surface area is 74.7 Å². The van der Waals surface area contributed by atoms with Gasteiger partial charge in [0.25, 0.3) is 0 Å². The first-order chi connectivity index (χ1) is 5.49. The lowest BCUT2D eigenvalue weighted by molar-refractivity contribution is -0.126. The Bertz CT molecular complexity index is 143. The van der Waals surface area contributed by atoms with Crippen molar-refractivity contribution in [1.82, 2.24) is 5.43 Å². The molecule has 0 fully saturated rings. The van der Waals surface area contributed by atoms with Crippen LogP contribution in [0.1, 0.15) is 34.1 Å². The van der Waals surface area contributed by atoms with Crippen LogP contribution >= 0.6 is 0 Å². The zero-order valence-corrected chi connectivity index (χ0v) is 8.42. The lowest BCUT2D eigenvalue weighted by Gasteiger charge is -2.20. The van der Waals surface area contributed by atoms with E-state index in [1.807, 2.05) is 13.8 Å². The number of nitrogens with two attached hydrogens (primary N) is 1.